The summed E-state index contributed by atoms with van der Waals surface area (Å²) in [6.07, 6.45) is 1.28. The van der Waals surface area contributed by atoms with Crippen molar-refractivity contribution in [1.29, 1.82) is 0 Å². The second kappa shape index (κ2) is 8.08. The van der Waals surface area contributed by atoms with Crippen molar-refractivity contribution in [2.75, 3.05) is 0 Å². The highest BCUT2D eigenvalue weighted by Gasteiger charge is 2.11. The van der Waals surface area contributed by atoms with Gasteiger partial charge in [-0.25, -0.2) is 0 Å². The van der Waals surface area contributed by atoms with Gasteiger partial charge in [0.15, 0.2) is 0 Å². The lowest BCUT2D eigenvalue weighted by atomic mass is 10.2. The summed E-state index contributed by atoms with van der Waals surface area (Å²) < 4.78 is 16.9. The van der Waals surface area contributed by atoms with Gasteiger partial charge in [0.2, 0.25) is 11.2 Å². The molecule has 0 radical (unpaired) electrons. The Kier molecular flexibility index (Phi) is 5.17. The van der Waals surface area contributed by atoms with Crippen LogP contribution in [0.15, 0.2) is 82.2 Å². The predicted octanol–water partition coefficient (Wildman–Crippen LogP) is 5.38. The van der Waals surface area contributed by atoms with Crippen LogP contribution in [0.3, 0.4) is 0 Å². The SMILES string of the molecule is Cc1ccc(Oc2coc3cc(OCc4ccc([N+](=O)[O-])cc4)ccc3c2=O)cc1. The van der Waals surface area contributed by atoms with E-state index in [0.717, 1.165) is 11.1 Å². The quantitative estimate of drug-likeness (QED) is 0.317. The fourth-order valence-electron chi connectivity index (χ4n) is 2.87. The van der Waals surface area contributed by atoms with Crippen LogP contribution >= 0.6 is 0 Å². The molecule has 0 N–H and O–H groups in total. The van der Waals surface area contributed by atoms with Crippen LogP contribution in [-0.4, -0.2) is 4.92 Å². The number of nitro benzene ring substituents is 1. The average Bonchev–Trinajstić information content (AvgIpc) is 2.76. The van der Waals surface area contributed by atoms with E-state index in [2.05, 4.69) is 0 Å². The molecule has 30 heavy (non-hydrogen) atoms. The Morgan fingerprint density at radius 1 is 0.967 bits per heavy atom. The van der Waals surface area contributed by atoms with E-state index in [1.54, 1.807) is 42.5 Å². The summed E-state index contributed by atoms with van der Waals surface area (Å²) in [6.45, 7) is 2.19. The maximum atomic E-state index is 12.7. The standard InChI is InChI=1S/C23H17NO6/c1-15-2-8-18(9-3-15)30-22-14-29-21-12-19(10-11-20(21)23(22)25)28-13-16-4-6-17(7-5-16)24(26)27/h2-12,14H,13H2,1H3. The zero-order valence-electron chi connectivity index (χ0n) is 16.0. The van der Waals surface area contributed by atoms with E-state index in [1.807, 2.05) is 19.1 Å². The topological polar surface area (TPSA) is 91.8 Å². The zero-order chi connectivity index (χ0) is 21.1. The van der Waals surface area contributed by atoms with Crippen LogP contribution in [-0.2, 0) is 6.61 Å². The van der Waals surface area contributed by atoms with Gasteiger partial charge in [-0.1, -0.05) is 17.7 Å². The number of nitro groups is 1. The first-order chi connectivity index (χ1) is 14.5. The average molecular weight is 403 g/mol. The summed E-state index contributed by atoms with van der Waals surface area (Å²) in [5, 5.41) is 11.1. The molecule has 0 aliphatic rings. The molecule has 0 unspecified atom stereocenters. The molecule has 0 fully saturated rings. The van der Waals surface area contributed by atoms with Gasteiger partial charge < -0.3 is 13.9 Å². The molecule has 0 spiro atoms. The normalized spacial score (nSPS) is 10.7. The minimum absolute atomic E-state index is 0.0230. The summed E-state index contributed by atoms with van der Waals surface area (Å²) >= 11 is 0. The number of hydrogen-bond donors (Lipinski definition) is 0. The molecule has 7 nitrogen and oxygen atoms in total. The minimum atomic E-state index is -0.452. The molecule has 4 aromatic rings. The van der Waals surface area contributed by atoms with Gasteiger partial charge in [0, 0.05) is 18.2 Å². The smallest absolute Gasteiger partial charge is 0.269 e. The summed E-state index contributed by atoms with van der Waals surface area (Å²) in [5.41, 5.74) is 1.99. The summed E-state index contributed by atoms with van der Waals surface area (Å²) in [7, 11) is 0. The van der Waals surface area contributed by atoms with Gasteiger partial charge in [-0.15, -0.1) is 0 Å². The Hall–Kier alpha value is -4.13. The van der Waals surface area contributed by atoms with Crippen LogP contribution in [0, 0.1) is 17.0 Å². The van der Waals surface area contributed by atoms with Gasteiger partial charge in [0.25, 0.3) is 5.69 Å². The van der Waals surface area contributed by atoms with Crippen molar-refractivity contribution in [2.24, 2.45) is 0 Å². The fraction of sp³-hybridized carbons (Fsp3) is 0.0870. The first-order valence-corrected chi connectivity index (χ1v) is 9.16. The van der Waals surface area contributed by atoms with E-state index in [9.17, 15) is 14.9 Å². The lowest BCUT2D eigenvalue weighted by molar-refractivity contribution is -0.384. The highest BCUT2D eigenvalue weighted by atomic mass is 16.6. The van der Waals surface area contributed by atoms with Gasteiger partial charge in [-0.3, -0.25) is 14.9 Å². The van der Waals surface area contributed by atoms with Crippen molar-refractivity contribution in [2.45, 2.75) is 13.5 Å². The molecule has 1 aromatic heterocycles. The van der Waals surface area contributed by atoms with E-state index < -0.39 is 4.92 Å². The molecule has 0 aliphatic carbocycles. The number of nitrogens with zero attached hydrogens (tertiary/aromatic N) is 1. The van der Waals surface area contributed by atoms with Crippen LogP contribution in [0.4, 0.5) is 5.69 Å². The Morgan fingerprint density at radius 3 is 2.37 bits per heavy atom. The third-order valence-electron chi connectivity index (χ3n) is 4.52. The van der Waals surface area contributed by atoms with E-state index >= 15 is 0 Å². The number of fused-ring (bicyclic) bond motifs is 1. The lowest BCUT2D eigenvalue weighted by Crippen LogP contribution is -2.05. The van der Waals surface area contributed by atoms with Crippen LogP contribution in [0.1, 0.15) is 11.1 Å². The van der Waals surface area contributed by atoms with Crippen LogP contribution in [0.5, 0.6) is 17.2 Å². The molecule has 7 heteroatoms. The minimum Gasteiger partial charge on any atom is -0.489 e. The predicted molar refractivity (Wildman–Crippen MR) is 111 cm³/mol. The first kappa shape index (κ1) is 19.2. The molecule has 1 heterocycles. The van der Waals surface area contributed by atoms with Gasteiger partial charge in [-0.05, 0) is 48.9 Å². The molecule has 3 aromatic carbocycles. The second-order valence-corrected chi connectivity index (χ2v) is 6.71. The van der Waals surface area contributed by atoms with E-state index in [-0.39, 0.29) is 23.5 Å². The van der Waals surface area contributed by atoms with Crippen molar-refractivity contribution in [3.63, 3.8) is 0 Å². The molecule has 0 saturated heterocycles. The number of hydrogen-bond acceptors (Lipinski definition) is 6. The molecule has 0 saturated carbocycles. The monoisotopic (exact) mass is 403 g/mol. The number of non-ortho nitro benzene ring substituents is 1. The molecule has 0 atom stereocenters. The van der Waals surface area contributed by atoms with Crippen LogP contribution in [0.2, 0.25) is 0 Å². The maximum absolute atomic E-state index is 12.7. The zero-order valence-corrected chi connectivity index (χ0v) is 16.0. The van der Waals surface area contributed by atoms with Crippen LogP contribution in [0.25, 0.3) is 11.0 Å². The van der Waals surface area contributed by atoms with Crippen molar-refractivity contribution in [3.8, 4) is 17.2 Å². The highest BCUT2D eigenvalue weighted by Crippen LogP contribution is 2.25. The molecule has 0 bridgehead atoms. The van der Waals surface area contributed by atoms with Crippen molar-refractivity contribution < 1.29 is 18.8 Å². The summed E-state index contributed by atoms with van der Waals surface area (Å²) in [4.78, 5) is 23.0. The first-order valence-electron chi connectivity index (χ1n) is 9.16. The molecular formula is C23H17NO6. The molecule has 0 amide bonds. The van der Waals surface area contributed by atoms with Gasteiger partial charge in [0.05, 0.1) is 10.3 Å². The number of benzene rings is 3. The van der Waals surface area contributed by atoms with E-state index in [4.69, 9.17) is 13.9 Å². The lowest BCUT2D eigenvalue weighted by Gasteiger charge is -2.08. The second-order valence-electron chi connectivity index (χ2n) is 6.71. The third kappa shape index (κ3) is 4.15. The number of aryl methyl sites for hydroxylation is 1. The Balaban J connectivity index is 1.51. The number of ether oxygens (including phenoxy) is 2. The maximum Gasteiger partial charge on any atom is 0.269 e. The van der Waals surface area contributed by atoms with Crippen molar-refractivity contribution >= 4 is 16.7 Å². The Morgan fingerprint density at radius 2 is 1.67 bits per heavy atom. The third-order valence-corrected chi connectivity index (χ3v) is 4.52. The van der Waals surface area contributed by atoms with Crippen LogP contribution < -0.4 is 14.9 Å². The summed E-state index contributed by atoms with van der Waals surface area (Å²) in [5.74, 6) is 1.16. The largest absolute Gasteiger partial charge is 0.489 e. The molecule has 4 rings (SSSR count). The van der Waals surface area contributed by atoms with Crippen molar-refractivity contribution in [3.05, 3.63) is 104 Å². The van der Waals surface area contributed by atoms with E-state index in [1.165, 1.54) is 18.4 Å². The number of rotatable bonds is 6. The molecule has 0 aliphatic heterocycles. The van der Waals surface area contributed by atoms with Gasteiger partial charge in [0.1, 0.15) is 30.0 Å². The Labute approximate surface area is 171 Å². The van der Waals surface area contributed by atoms with Crippen molar-refractivity contribution in [1.82, 2.24) is 0 Å². The summed E-state index contributed by atoms with van der Waals surface area (Å²) in [6, 6.07) is 18.4. The Bertz CT molecular complexity index is 1260. The molecule has 150 valence electrons. The highest BCUT2D eigenvalue weighted by molar-refractivity contribution is 5.79. The van der Waals surface area contributed by atoms with Gasteiger partial charge >= 0.3 is 0 Å². The fourth-order valence-corrected chi connectivity index (χ4v) is 2.87. The van der Waals surface area contributed by atoms with Gasteiger partial charge in [-0.2, -0.15) is 0 Å². The van der Waals surface area contributed by atoms with E-state index in [0.29, 0.717) is 22.5 Å². The molecular weight excluding hydrogens is 386 g/mol.